The van der Waals surface area contributed by atoms with Gasteiger partial charge in [0.15, 0.2) is 17.3 Å². The van der Waals surface area contributed by atoms with Gasteiger partial charge in [0.05, 0.1) is 36.2 Å². The summed E-state index contributed by atoms with van der Waals surface area (Å²) in [7, 11) is 0. The molecule has 0 aromatic heterocycles. The molecular formula is C35H47NO10. The Bertz CT molecular complexity index is 1430. The second-order valence-electron chi connectivity index (χ2n) is 13.3. The van der Waals surface area contributed by atoms with Crippen molar-refractivity contribution in [2.45, 2.75) is 85.9 Å². The summed E-state index contributed by atoms with van der Waals surface area (Å²) in [5.74, 6) is -10.3. The zero-order chi connectivity index (χ0) is 34.9. The molecule has 12 atom stereocenters. The number of aliphatic hydroxyl groups excluding tert-OH is 5. The maximum atomic E-state index is 13.8. The molecule has 2 heterocycles. The van der Waals surface area contributed by atoms with E-state index in [1.165, 1.54) is 39.0 Å². The van der Waals surface area contributed by atoms with Crippen LogP contribution in [-0.2, 0) is 24.0 Å². The van der Waals surface area contributed by atoms with Gasteiger partial charge in [-0.25, -0.2) is 0 Å². The van der Waals surface area contributed by atoms with E-state index in [1.54, 1.807) is 40.7 Å². The topological polar surface area (TPSA) is 199 Å². The van der Waals surface area contributed by atoms with Gasteiger partial charge in [-0.05, 0) is 19.4 Å². The van der Waals surface area contributed by atoms with Crippen molar-refractivity contribution < 1.29 is 49.5 Å². The van der Waals surface area contributed by atoms with Crippen molar-refractivity contribution in [1.29, 1.82) is 0 Å². The lowest BCUT2D eigenvalue weighted by molar-refractivity contribution is -0.136. The second-order valence-corrected chi connectivity index (χ2v) is 13.3. The van der Waals surface area contributed by atoms with Gasteiger partial charge in [0.25, 0.3) is 5.91 Å². The highest BCUT2D eigenvalue weighted by atomic mass is 16.3. The molecule has 6 N–H and O–H groups in total. The number of fused-ring (bicyclic) bond motifs is 15. The first-order valence-corrected chi connectivity index (χ1v) is 15.7. The molecule has 1 amide bonds. The first-order chi connectivity index (χ1) is 21.3. The third-order valence-corrected chi connectivity index (χ3v) is 9.95. The second kappa shape index (κ2) is 14.6. The minimum atomic E-state index is -1.68. The number of allylic oxidation sites excluding steroid dienone is 6. The molecule has 11 nitrogen and oxygen atoms in total. The molecule has 0 radical (unpaired) electrons. The minimum Gasteiger partial charge on any atom is -0.392 e. The quantitative estimate of drug-likeness (QED) is 0.166. The Balaban J connectivity index is 2.14. The van der Waals surface area contributed by atoms with Gasteiger partial charge in [-0.3, -0.25) is 24.0 Å². The lowest BCUT2D eigenvalue weighted by Crippen LogP contribution is -2.49. The zero-order valence-electron chi connectivity index (χ0n) is 27.6. The number of carbonyl (C=O) groups excluding carboxylic acids is 5. The monoisotopic (exact) mass is 641 g/mol. The molecule has 0 aromatic carbocycles. The number of carbonyl (C=O) groups is 5. The average Bonchev–Trinajstić information content (AvgIpc) is 3.02. The SMILES string of the molecule is CC1=CC(C)[C@H](O)[C@@H](C)[C@@H](O)[C@H](C)[C@H](O)[C@H](C)[C@@H](O)[C@@H](C)/C=C/C=C(/C)C(=O)NC2=CC(=O)C3=C(C2=O)C(O)C(C)C(=O)C3C1=O. The molecule has 0 saturated heterocycles. The van der Waals surface area contributed by atoms with Crippen LogP contribution in [0.4, 0.5) is 0 Å². The van der Waals surface area contributed by atoms with E-state index in [2.05, 4.69) is 5.32 Å². The van der Waals surface area contributed by atoms with Crippen molar-refractivity contribution in [1.82, 2.24) is 5.32 Å². The Labute approximate surface area is 269 Å². The van der Waals surface area contributed by atoms with E-state index in [1.807, 2.05) is 0 Å². The number of nitrogens with one attached hydrogen (secondary N) is 1. The van der Waals surface area contributed by atoms with Crippen LogP contribution >= 0.6 is 0 Å². The number of ketones is 4. The Morgan fingerprint density at radius 2 is 1.20 bits per heavy atom. The minimum absolute atomic E-state index is 0.0239. The van der Waals surface area contributed by atoms with Crippen molar-refractivity contribution in [3.63, 3.8) is 0 Å². The molecule has 252 valence electrons. The maximum absolute atomic E-state index is 13.8. The molecule has 2 aliphatic heterocycles. The van der Waals surface area contributed by atoms with E-state index >= 15 is 0 Å². The first kappa shape index (κ1) is 37.1. The largest absolute Gasteiger partial charge is 0.392 e. The molecule has 11 heteroatoms. The molecule has 4 rings (SSSR count). The van der Waals surface area contributed by atoms with E-state index < -0.39 is 118 Å². The fourth-order valence-electron chi connectivity index (χ4n) is 6.54. The standard InChI is InChI=1S/C35H47NO10/c1-14-10-9-11-15(2)35(46)36-22-13-23(37)24-25(32(43)21(8)33(44)26(24)34(22)45)29(40)17(4)12-16(3)28(39)19(6)31(42)20(7)30(41)18(5)27(14)38/h9-14,16,18-21,25,27-28,30-31,33,38-39,41-42,44H,1-8H3,(H,36,46)/b10-9+,15-11-,17-12?/t14-,16?,18+,19+,20+,21?,25?,27-,28-,30+,31+,33?/m0/s1. The third-order valence-electron chi connectivity index (χ3n) is 9.95. The van der Waals surface area contributed by atoms with Crippen LogP contribution in [0.25, 0.3) is 0 Å². The van der Waals surface area contributed by atoms with Gasteiger partial charge in [-0.1, -0.05) is 65.8 Å². The number of hydrogen-bond acceptors (Lipinski definition) is 10. The van der Waals surface area contributed by atoms with E-state index in [4.69, 9.17) is 0 Å². The Morgan fingerprint density at radius 3 is 1.76 bits per heavy atom. The summed E-state index contributed by atoms with van der Waals surface area (Å²) < 4.78 is 0. The smallest absolute Gasteiger partial charge is 0.251 e. The van der Waals surface area contributed by atoms with Crippen LogP contribution < -0.4 is 5.32 Å². The Kier molecular flexibility index (Phi) is 11.8. The molecule has 0 saturated carbocycles. The van der Waals surface area contributed by atoms with Gasteiger partial charge >= 0.3 is 0 Å². The van der Waals surface area contributed by atoms with Gasteiger partial charge in [-0.2, -0.15) is 0 Å². The summed E-state index contributed by atoms with van der Waals surface area (Å²) in [6, 6.07) is 0. The predicted octanol–water partition coefficient (Wildman–Crippen LogP) is 1.29. The molecular weight excluding hydrogens is 594 g/mol. The number of rotatable bonds is 0. The lowest BCUT2D eigenvalue weighted by Gasteiger charge is -2.37. The maximum Gasteiger partial charge on any atom is 0.251 e. The fraction of sp³-hybridized carbons (Fsp3) is 0.571. The molecule has 4 aliphatic rings. The normalized spacial score (nSPS) is 41.0. The molecule has 0 fully saturated rings. The summed E-state index contributed by atoms with van der Waals surface area (Å²) in [6.07, 6.45) is 0.591. The molecule has 4 unspecified atom stereocenters. The van der Waals surface area contributed by atoms with Gasteiger partial charge < -0.3 is 30.8 Å². The number of Topliss-reactive ketones (excluding diaryl/α,β-unsaturated/α-hetero) is 3. The lowest BCUT2D eigenvalue weighted by atomic mass is 9.67. The van der Waals surface area contributed by atoms with Crippen LogP contribution in [0.2, 0.25) is 0 Å². The zero-order valence-corrected chi connectivity index (χ0v) is 27.6. The van der Waals surface area contributed by atoms with Gasteiger partial charge in [0, 0.05) is 58.3 Å². The molecule has 46 heavy (non-hydrogen) atoms. The van der Waals surface area contributed by atoms with Crippen LogP contribution in [0.5, 0.6) is 0 Å². The summed E-state index contributed by atoms with van der Waals surface area (Å²) in [6.45, 7) is 12.4. The van der Waals surface area contributed by atoms with Gasteiger partial charge in [0.2, 0.25) is 5.78 Å². The van der Waals surface area contributed by atoms with Crippen LogP contribution in [0.1, 0.15) is 55.4 Å². The van der Waals surface area contributed by atoms with E-state index in [0.29, 0.717) is 0 Å². The summed E-state index contributed by atoms with van der Waals surface area (Å²) >= 11 is 0. The number of aliphatic hydroxyl groups is 5. The van der Waals surface area contributed by atoms with E-state index in [-0.39, 0.29) is 11.1 Å². The highest BCUT2D eigenvalue weighted by molar-refractivity contribution is 6.30. The number of amides is 1. The Morgan fingerprint density at radius 1 is 0.674 bits per heavy atom. The Hall–Kier alpha value is -3.35. The van der Waals surface area contributed by atoms with Crippen LogP contribution in [0, 0.1) is 41.4 Å². The molecule has 2 aliphatic carbocycles. The third kappa shape index (κ3) is 7.13. The fourth-order valence-corrected chi connectivity index (χ4v) is 6.54. The van der Waals surface area contributed by atoms with E-state index in [9.17, 15) is 49.5 Å². The predicted molar refractivity (Wildman–Crippen MR) is 168 cm³/mol. The molecule has 0 aromatic rings. The summed E-state index contributed by atoms with van der Waals surface area (Å²) in [5, 5.41) is 57.6. The van der Waals surface area contributed by atoms with Crippen molar-refractivity contribution in [2.75, 3.05) is 0 Å². The van der Waals surface area contributed by atoms with Crippen LogP contribution in [0.15, 0.2) is 58.4 Å². The molecule has 4 bridgehead atoms. The van der Waals surface area contributed by atoms with Crippen LogP contribution in [-0.4, -0.2) is 85.1 Å². The van der Waals surface area contributed by atoms with Gasteiger partial charge in [0.1, 0.15) is 5.92 Å². The highest BCUT2D eigenvalue weighted by Crippen LogP contribution is 2.38. The summed E-state index contributed by atoms with van der Waals surface area (Å²) in [5.41, 5.74) is -1.10. The van der Waals surface area contributed by atoms with E-state index in [0.717, 1.165) is 6.08 Å². The number of hydrogen-bond donors (Lipinski definition) is 6. The molecule has 0 spiro atoms. The highest BCUT2D eigenvalue weighted by Gasteiger charge is 2.50. The average molecular weight is 642 g/mol. The summed E-state index contributed by atoms with van der Waals surface area (Å²) in [4.78, 5) is 67.0. The van der Waals surface area contributed by atoms with Gasteiger partial charge in [-0.15, -0.1) is 0 Å². The van der Waals surface area contributed by atoms with Crippen molar-refractivity contribution in [3.8, 4) is 0 Å². The van der Waals surface area contributed by atoms with Crippen molar-refractivity contribution in [2.24, 2.45) is 41.4 Å². The van der Waals surface area contributed by atoms with Crippen molar-refractivity contribution in [3.05, 3.63) is 58.4 Å². The first-order valence-electron chi connectivity index (χ1n) is 15.7. The van der Waals surface area contributed by atoms with Crippen LogP contribution in [0.3, 0.4) is 0 Å². The van der Waals surface area contributed by atoms with Crippen molar-refractivity contribution >= 4 is 29.0 Å².